The number of amides is 1. The van der Waals surface area contributed by atoms with E-state index in [4.69, 9.17) is 9.15 Å². The van der Waals surface area contributed by atoms with E-state index in [2.05, 4.69) is 6.07 Å². The summed E-state index contributed by atoms with van der Waals surface area (Å²) < 4.78 is 12.8. The summed E-state index contributed by atoms with van der Waals surface area (Å²) >= 11 is 1.60. The van der Waals surface area contributed by atoms with Gasteiger partial charge in [-0.3, -0.25) is 9.36 Å². The highest BCUT2D eigenvalue weighted by molar-refractivity contribution is 7.98. The molecule has 3 rings (SSSR count). The van der Waals surface area contributed by atoms with E-state index in [1.54, 1.807) is 54.7 Å². The summed E-state index contributed by atoms with van der Waals surface area (Å²) in [6.45, 7) is 2.09. The van der Waals surface area contributed by atoms with Gasteiger partial charge in [0, 0.05) is 30.9 Å². The Kier molecular flexibility index (Phi) is 5.81. The molecular formula is C21H21N3O3S. The molecule has 0 aliphatic heterocycles. The van der Waals surface area contributed by atoms with Gasteiger partial charge in [-0.2, -0.15) is 5.26 Å². The minimum absolute atomic E-state index is 0.237. The normalized spacial score (nSPS) is 10.5. The van der Waals surface area contributed by atoms with Crippen LogP contribution in [0.3, 0.4) is 0 Å². The van der Waals surface area contributed by atoms with Gasteiger partial charge in [0.1, 0.15) is 28.7 Å². The molecule has 28 heavy (non-hydrogen) atoms. The highest BCUT2D eigenvalue weighted by Gasteiger charge is 2.26. The van der Waals surface area contributed by atoms with Crippen LogP contribution in [-0.4, -0.2) is 35.8 Å². The second-order valence-electron chi connectivity index (χ2n) is 6.27. The summed E-state index contributed by atoms with van der Waals surface area (Å²) in [6.07, 6.45) is 5.54. The summed E-state index contributed by atoms with van der Waals surface area (Å²) in [5.74, 6) is 1.29. The molecule has 1 aromatic carbocycles. The molecule has 1 amide bonds. The zero-order valence-electron chi connectivity index (χ0n) is 16.2. The smallest absolute Gasteiger partial charge is 0.258 e. The van der Waals surface area contributed by atoms with Crippen molar-refractivity contribution >= 4 is 17.7 Å². The lowest BCUT2D eigenvalue weighted by Crippen LogP contribution is -2.27. The Morgan fingerprint density at radius 2 is 2.07 bits per heavy atom. The molecule has 0 fully saturated rings. The van der Waals surface area contributed by atoms with Crippen LogP contribution < -0.4 is 4.74 Å². The summed E-state index contributed by atoms with van der Waals surface area (Å²) in [5, 5.41) is 9.64. The van der Waals surface area contributed by atoms with E-state index >= 15 is 0 Å². The second-order valence-corrected chi connectivity index (χ2v) is 7.11. The Morgan fingerprint density at radius 3 is 2.68 bits per heavy atom. The number of benzene rings is 1. The Hall–Kier alpha value is -3.11. The molecule has 6 nitrogen and oxygen atoms in total. The molecule has 2 heterocycles. The van der Waals surface area contributed by atoms with Crippen molar-refractivity contribution in [2.45, 2.75) is 18.4 Å². The molecular weight excluding hydrogens is 374 g/mol. The standard InChI is InChI=1S/C21H21N3O3S/c1-14-19(16(12-22)21(27-14)24-9-5-6-10-24)20(25)23(2)13-15-7-8-18(28-4)17(11-15)26-3/h5-11H,13H2,1-4H3. The first kappa shape index (κ1) is 19.6. The number of carbonyl (C=O) groups is 1. The molecule has 0 bridgehead atoms. The van der Waals surface area contributed by atoms with Crippen LogP contribution in [0.4, 0.5) is 0 Å². The number of ether oxygens (including phenoxy) is 1. The van der Waals surface area contributed by atoms with E-state index in [9.17, 15) is 10.1 Å². The Balaban J connectivity index is 1.89. The lowest BCUT2D eigenvalue weighted by molar-refractivity contribution is 0.0783. The fourth-order valence-electron chi connectivity index (χ4n) is 3.06. The number of carbonyl (C=O) groups excluding carboxylic acids is 1. The van der Waals surface area contributed by atoms with Gasteiger partial charge in [0.2, 0.25) is 5.88 Å². The predicted octanol–water partition coefficient (Wildman–Crippen LogP) is 4.25. The van der Waals surface area contributed by atoms with Gasteiger partial charge in [0.05, 0.1) is 7.11 Å². The third kappa shape index (κ3) is 3.64. The van der Waals surface area contributed by atoms with Gasteiger partial charge in [-0.15, -0.1) is 11.8 Å². The lowest BCUT2D eigenvalue weighted by Gasteiger charge is -2.18. The number of aryl methyl sites for hydroxylation is 1. The SMILES string of the molecule is COc1cc(CN(C)C(=O)c2c(C)oc(-n3cccc3)c2C#N)ccc1SC. The van der Waals surface area contributed by atoms with Gasteiger partial charge in [0.25, 0.3) is 5.91 Å². The maximum atomic E-state index is 13.1. The van der Waals surface area contributed by atoms with Gasteiger partial charge in [-0.1, -0.05) is 6.07 Å². The molecule has 0 saturated heterocycles. The van der Waals surface area contributed by atoms with Crippen LogP contribution in [0.1, 0.15) is 27.2 Å². The second kappa shape index (κ2) is 8.28. The number of aromatic nitrogens is 1. The van der Waals surface area contributed by atoms with Crippen LogP contribution in [0.2, 0.25) is 0 Å². The molecule has 0 atom stereocenters. The average molecular weight is 395 g/mol. The number of nitrogens with zero attached hydrogens (tertiary/aromatic N) is 3. The largest absolute Gasteiger partial charge is 0.496 e. The molecule has 7 heteroatoms. The number of furan rings is 1. The van der Waals surface area contributed by atoms with Crippen LogP contribution in [-0.2, 0) is 6.54 Å². The van der Waals surface area contributed by atoms with Crippen molar-refractivity contribution < 1.29 is 13.9 Å². The van der Waals surface area contributed by atoms with Gasteiger partial charge < -0.3 is 14.1 Å². The Labute approximate surface area is 168 Å². The van der Waals surface area contributed by atoms with Crippen molar-refractivity contribution in [1.82, 2.24) is 9.47 Å². The molecule has 0 N–H and O–H groups in total. The quantitative estimate of drug-likeness (QED) is 0.584. The van der Waals surface area contributed by atoms with Gasteiger partial charge in [-0.05, 0) is 43.0 Å². The highest BCUT2D eigenvalue weighted by Crippen LogP contribution is 2.30. The maximum absolute atomic E-state index is 13.1. The number of thioether (sulfide) groups is 1. The Morgan fingerprint density at radius 1 is 1.36 bits per heavy atom. The number of hydrogen-bond acceptors (Lipinski definition) is 5. The third-order valence-corrected chi connectivity index (χ3v) is 5.22. The number of nitriles is 1. The maximum Gasteiger partial charge on any atom is 0.258 e. The van der Waals surface area contributed by atoms with Crippen molar-refractivity contribution in [3.05, 3.63) is 65.2 Å². The zero-order chi connectivity index (χ0) is 20.3. The first-order valence-electron chi connectivity index (χ1n) is 8.63. The topological polar surface area (TPSA) is 71.4 Å². The van der Waals surface area contributed by atoms with E-state index in [1.807, 2.05) is 36.6 Å². The number of rotatable bonds is 6. The molecule has 144 valence electrons. The van der Waals surface area contributed by atoms with Crippen molar-refractivity contribution in [1.29, 1.82) is 5.26 Å². The molecule has 0 saturated carbocycles. The number of methoxy groups -OCH3 is 1. The van der Waals surface area contributed by atoms with Crippen LogP contribution in [0.25, 0.3) is 5.88 Å². The fourth-order valence-corrected chi connectivity index (χ4v) is 3.61. The Bertz CT molecular complexity index is 1030. The van der Waals surface area contributed by atoms with Crippen molar-refractivity contribution in [2.24, 2.45) is 0 Å². The lowest BCUT2D eigenvalue weighted by atomic mass is 10.1. The van der Waals surface area contributed by atoms with Crippen LogP contribution in [0.5, 0.6) is 5.75 Å². The summed E-state index contributed by atoms with van der Waals surface area (Å²) in [7, 11) is 3.34. The fraction of sp³-hybridized carbons (Fsp3) is 0.238. The molecule has 0 spiro atoms. The van der Waals surface area contributed by atoms with Gasteiger partial charge >= 0.3 is 0 Å². The molecule has 0 unspecified atom stereocenters. The van der Waals surface area contributed by atoms with E-state index < -0.39 is 0 Å². The van der Waals surface area contributed by atoms with E-state index in [0.29, 0.717) is 23.8 Å². The molecule has 0 aliphatic rings. The minimum Gasteiger partial charge on any atom is -0.496 e. The van der Waals surface area contributed by atoms with Crippen LogP contribution >= 0.6 is 11.8 Å². The van der Waals surface area contributed by atoms with Crippen LogP contribution in [0.15, 0.2) is 52.0 Å². The molecule has 0 aliphatic carbocycles. The highest BCUT2D eigenvalue weighted by atomic mass is 32.2. The number of hydrogen-bond donors (Lipinski definition) is 0. The third-order valence-electron chi connectivity index (χ3n) is 4.44. The van der Waals surface area contributed by atoms with Crippen molar-refractivity contribution in [2.75, 3.05) is 20.4 Å². The van der Waals surface area contributed by atoms with E-state index in [-0.39, 0.29) is 11.5 Å². The summed E-state index contributed by atoms with van der Waals surface area (Å²) in [5.41, 5.74) is 1.47. The van der Waals surface area contributed by atoms with Gasteiger partial charge in [0.15, 0.2) is 0 Å². The van der Waals surface area contributed by atoms with Crippen molar-refractivity contribution in [3.63, 3.8) is 0 Å². The monoisotopic (exact) mass is 395 g/mol. The first-order valence-corrected chi connectivity index (χ1v) is 9.85. The van der Waals surface area contributed by atoms with Gasteiger partial charge in [-0.25, -0.2) is 0 Å². The van der Waals surface area contributed by atoms with E-state index in [0.717, 1.165) is 16.2 Å². The average Bonchev–Trinajstić information content (AvgIpc) is 3.34. The van der Waals surface area contributed by atoms with Crippen molar-refractivity contribution in [3.8, 4) is 17.7 Å². The molecule has 2 aromatic heterocycles. The van der Waals surface area contributed by atoms with E-state index in [1.165, 1.54) is 0 Å². The first-order chi connectivity index (χ1) is 13.5. The summed E-state index contributed by atoms with van der Waals surface area (Å²) in [6, 6.07) is 11.7. The predicted molar refractivity (Wildman–Crippen MR) is 108 cm³/mol. The minimum atomic E-state index is -0.260. The molecule has 3 aromatic rings. The zero-order valence-corrected chi connectivity index (χ0v) is 17.0. The molecule has 0 radical (unpaired) electrons. The summed E-state index contributed by atoms with van der Waals surface area (Å²) in [4.78, 5) is 15.7. The van der Waals surface area contributed by atoms with Crippen LogP contribution in [0, 0.1) is 18.3 Å².